The van der Waals surface area contributed by atoms with Gasteiger partial charge in [0.05, 0.1) is 13.2 Å². The molecule has 10 heteroatoms. The lowest BCUT2D eigenvalue weighted by atomic mass is 10.2. The minimum Gasteiger partial charge on any atom is -0.378 e. The number of piperazine rings is 1. The summed E-state index contributed by atoms with van der Waals surface area (Å²) in [6.45, 7) is 5.50. The molecule has 2 saturated heterocycles. The topological polar surface area (TPSA) is 101 Å². The van der Waals surface area contributed by atoms with Crippen molar-refractivity contribution >= 4 is 17.5 Å². The van der Waals surface area contributed by atoms with Crippen molar-refractivity contribution in [1.29, 1.82) is 0 Å². The molecule has 160 valence electrons. The third-order valence-corrected chi connectivity index (χ3v) is 5.49. The fourth-order valence-electron chi connectivity index (χ4n) is 3.77. The Bertz CT molecular complexity index is 1030. The molecule has 0 aromatic carbocycles. The Labute approximate surface area is 179 Å². The Balaban J connectivity index is 1.25. The summed E-state index contributed by atoms with van der Waals surface area (Å²) < 4.78 is 10.7. The van der Waals surface area contributed by atoms with Crippen molar-refractivity contribution in [3.8, 4) is 11.4 Å². The molecule has 0 aliphatic carbocycles. The molecule has 3 aromatic rings. The van der Waals surface area contributed by atoms with E-state index in [4.69, 9.17) is 9.26 Å². The van der Waals surface area contributed by atoms with Gasteiger partial charge in [0.1, 0.15) is 11.6 Å². The van der Waals surface area contributed by atoms with Crippen LogP contribution in [0.1, 0.15) is 10.7 Å². The number of hydrogen-bond acceptors (Lipinski definition) is 9. The summed E-state index contributed by atoms with van der Waals surface area (Å²) in [5, 5.41) is 4.03. The molecule has 0 saturated carbocycles. The molecule has 0 spiro atoms. The second-order valence-electron chi connectivity index (χ2n) is 7.39. The minimum atomic E-state index is -0.248. The zero-order valence-corrected chi connectivity index (χ0v) is 17.1. The summed E-state index contributed by atoms with van der Waals surface area (Å²) in [6, 6.07) is 9.55. The van der Waals surface area contributed by atoms with Crippen LogP contribution in [0.15, 0.2) is 47.2 Å². The van der Waals surface area contributed by atoms with E-state index < -0.39 is 0 Å². The summed E-state index contributed by atoms with van der Waals surface area (Å²) in [4.78, 5) is 32.1. The average molecular weight is 421 g/mol. The summed E-state index contributed by atoms with van der Waals surface area (Å²) in [7, 11) is 0. The lowest BCUT2D eigenvalue weighted by Crippen LogP contribution is -2.49. The van der Waals surface area contributed by atoms with E-state index in [1.165, 1.54) is 0 Å². The first-order valence-corrected chi connectivity index (χ1v) is 10.4. The Morgan fingerprint density at radius 1 is 0.871 bits per heavy atom. The van der Waals surface area contributed by atoms with Gasteiger partial charge >= 0.3 is 11.8 Å². The van der Waals surface area contributed by atoms with Gasteiger partial charge in [0, 0.05) is 57.2 Å². The van der Waals surface area contributed by atoms with Crippen LogP contribution < -0.4 is 9.80 Å². The fourth-order valence-corrected chi connectivity index (χ4v) is 3.77. The zero-order chi connectivity index (χ0) is 21.0. The predicted molar refractivity (Wildman–Crippen MR) is 113 cm³/mol. The maximum Gasteiger partial charge on any atom is 0.316 e. The molecular formula is C21H23N7O3. The van der Waals surface area contributed by atoms with E-state index in [0.29, 0.717) is 45.2 Å². The second-order valence-corrected chi connectivity index (χ2v) is 7.39. The number of amides is 1. The Kier molecular flexibility index (Phi) is 5.44. The van der Waals surface area contributed by atoms with Gasteiger partial charge in [-0.05, 0) is 24.3 Å². The summed E-state index contributed by atoms with van der Waals surface area (Å²) in [5.74, 6) is 1.90. The van der Waals surface area contributed by atoms with Crippen molar-refractivity contribution < 1.29 is 14.1 Å². The van der Waals surface area contributed by atoms with Crippen molar-refractivity contribution in [2.24, 2.45) is 0 Å². The van der Waals surface area contributed by atoms with E-state index in [0.717, 1.165) is 30.3 Å². The van der Waals surface area contributed by atoms with Gasteiger partial charge < -0.3 is 24.0 Å². The van der Waals surface area contributed by atoms with Crippen molar-refractivity contribution in [3.05, 3.63) is 48.6 Å². The van der Waals surface area contributed by atoms with E-state index in [-0.39, 0.29) is 11.8 Å². The van der Waals surface area contributed by atoms with Gasteiger partial charge in [-0.2, -0.15) is 4.98 Å². The molecule has 1 amide bonds. The van der Waals surface area contributed by atoms with Crippen LogP contribution >= 0.6 is 0 Å². The Morgan fingerprint density at radius 2 is 1.65 bits per heavy atom. The van der Waals surface area contributed by atoms with Crippen molar-refractivity contribution in [2.45, 2.75) is 0 Å². The Hall–Kier alpha value is -3.53. The van der Waals surface area contributed by atoms with Gasteiger partial charge in [0.15, 0.2) is 0 Å². The molecule has 0 radical (unpaired) electrons. The average Bonchev–Trinajstić information content (AvgIpc) is 3.35. The number of morpholine rings is 1. The van der Waals surface area contributed by atoms with Gasteiger partial charge in [-0.1, -0.05) is 11.2 Å². The second kappa shape index (κ2) is 8.68. The van der Waals surface area contributed by atoms with Crippen LogP contribution in [-0.2, 0) is 4.74 Å². The molecule has 31 heavy (non-hydrogen) atoms. The lowest BCUT2D eigenvalue weighted by Gasteiger charge is -2.34. The highest BCUT2D eigenvalue weighted by Gasteiger charge is 2.27. The quantitative estimate of drug-likeness (QED) is 0.617. The van der Waals surface area contributed by atoms with Gasteiger partial charge in [0.2, 0.25) is 5.82 Å². The molecule has 0 bridgehead atoms. The summed E-state index contributed by atoms with van der Waals surface area (Å²) >= 11 is 0. The zero-order valence-electron chi connectivity index (χ0n) is 17.1. The summed E-state index contributed by atoms with van der Waals surface area (Å²) in [6.07, 6.45) is 3.49. The van der Waals surface area contributed by atoms with E-state index >= 15 is 0 Å². The molecule has 0 atom stereocenters. The number of hydrogen-bond donors (Lipinski definition) is 0. The molecule has 2 aliphatic heterocycles. The maximum atomic E-state index is 12.9. The van der Waals surface area contributed by atoms with Gasteiger partial charge in [-0.25, -0.2) is 9.97 Å². The minimum absolute atomic E-state index is 0.00557. The first kappa shape index (κ1) is 19.4. The van der Waals surface area contributed by atoms with Gasteiger partial charge in [-0.15, -0.1) is 0 Å². The monoisotopic (exact) mass is 421 g/mol. The van der Waals surface area contributed by atoms with E-state index in [1.807, 2.05) is 30.3 Å². The lowest BCUT2D eigenvalue weighted by molar-refractivity contribution is 0.0696. The van der Waals surface area contributed by atoms with Crippen LogP contribution in [0.25, 0.3) is 11.4 Å². The number of ether oxygens (including phenoxy) is 1. The highest BCUT2D eigenvalue weighted by atomic mass is 16.5. The number of carbonyl (C=O) groups is 1. The van der Waals surface area contributed by atoms with Crippen molar-refractivity contribution in [1.82, 2.24) is 25.0 Å². The SMILES string of the molecule is O=C(c1nc(-c2ccnc(N3CCOCC3)c2)no1)N1CCN(c2ccccn2)CC1. The standard InChI is InChI=1S/C21H23N7O3/c29-21(28-9-7-26(8-10-28)17-3-1-2-5-22-17)20-24-19(25-31-20)16-4-6-23-18(15-16)27-11-13-30-14-12-27/h1-6,15H,7-14H2. The number of aromatic nitrogens is 4. The van der Waals surface area contributed by atoms with E-state index in [2.05, 4.69) is 29.9 Å². The van der Waals surface area contributed by atoms with Gasteiger partial charge in [-0.3, -0.25) is 4.79 Å². The fraction of sp³-hybridized carbons (Fsp3) is 0.381. The normalized spacial score (nSPS) is 17.1. The van der Waals surface area contributed by atoms with Gasteiger partial charge in [0.25, 0.3) is 0 Å². The van der Waals surface area contributed by atoms with Crippen molar-refractivity contribution in [3.63, 3.8) is 0 Å². The number of nitrogens with zero attached hydrogens (tertiary/aromatic N) is 7. The molecule has 3 aromatic heterocycles. The van der Waals surface area contributed by atoms with Crippen LogP contribution in [0.2, 0.25) is 0 Å². The third kappa shape index (κ3) is 4.19. The van der Waals surface area contributed by atoms with E-state index in [9.17, 15) is 4.79 Å². The molecule has 5 rings (SSSR count). The number of carbonyl (C=O) groups excluding carboxylic acids is 1. The largest absolute Gasteiger partial charge is 0.378 e. The molecule has 5 heterocycles. The highest BCUT2D eigenvalue weighted by Crippen LogP contribution is 2.22. The Morgan fingerprint density at radius 3 is 2.42 bits per heavy atom. The molecule has 10 nitrogen and oxygen atoms in total. The molecule has 0 unspecified atom stereocenters. The number of pyridine rings is 2. The first-order valence-electron chi connectivity index (χ1n) is 10.4. The van der Waals surface area contributed by atoms with E-state index in [1.54, 1.807) is 17.3 Å². The maximum absolute atomic E-state index is 12.9. The highest BCUT2D eigenvalue weighted by molar-refractivity contribution is 5.90. The van der Waals surface area contributed by atoms with Crippen LogP contribution in [0, 0.1) is 0 Å². The molecular weight excluding hydrogens is 398 g/mol. The predicted octanol–water partition coefficient (Wildman–Crippen LogP) is 1.33. The molecule has 2 fully saturated rings. The van der Waals surface area contributed by atoms with Crippen LogP contribution in [0.4, 0.5) is 11.6 Å². The molecule has 2 aliphatic rings. The summed E-state index contributed by atoms with van der Waals surface area (Å²) in [5.41, 5.74) is 0.763. The van der Waals surface area contributed by atoms with Crippen LogP contribution in [0.3, 0.4) is 0 Å². The van der Waals surface area contributed by atoms with Crippen molar-refractivity contribution in [2.75, 3.05) is 62.3 Å². The number of rotatable bonds is 4. The third-order valence-electron chi connectivity index (χ3n) is 5.49. The molecule has 0 N–H and O–H groups in total. The van der Waals surface area contributed by atoms with Crippen LogP contribution in [0.5, 0.6) is 0 Å². The number of anilines is 2. The first-order chi connectivity index (χ1) is 15.3. The van der Waals surface area contributed by atoms with Crippen LogP contribution in [-0.4, -0.2) is 83.4 Å². The smallest absolute Gasteiger partial charge is 0.316 e.